The van der Waals surface area contributed by atoms with Gasteiger partial charge in [0.1, 0.15) is 0 Å². The molecule has 2 aliphatic rings. The predicted molar refractivity (Wildman–Crippen MR) is 117 cm³/mol. The van der Waals surface area contributed by atoms with Gasteiger partial charge in [0.15, 0.2) is 0 Å². The third kappa shape index (κ3) is 3.75. The van der Waals surface area contributed by atoms with E-state index in [1.165, 1.54) is 11.3 Å². The molecule has 0 amide bonds. The zero-order valence-electron chi connectivity index (χ0n) is 16.4. The van der Waals surface area contributed by atoms with Crippen molar-refractivity contribution < 1.29 is 12.9 Å². The molecule has 5 rings (SSSR count). The highest BCUT2D eigenvalue weighted by molar-refractivity contribution is 7.89. The molecule has 7 nitrogen and oxygen atoms in total. The van der Waals surface area contributed by atoms with Crippen LogP contribution in [0.1, 0.15) is 29.5 Å². The Labute approximate surface area is 184 Å². The molecule has 10 heteroatoms. The molecule has 1 aliphatic heterocycles. The van der Waals surface area contributed by atoms with E-state index in [1.54, 1.807) is 10.4 Å². The molecule has 3 heterocycles. The number of aryl methyl sites for hydroxylation is 1. The second-order valence-corrected chi connectivity index (χ2v) is 11.2. The van der Waals surface area contributed by atoms with Gasteiger partial charge in [-0.3, -0.25) is 0 Å². The predicted octanol–water partition coefficient (Wildman–Crippen LogP) is 4.15. The van der Waals surface area contributed by atoms with Gasteiger partial charge in [-0.05, 0) is 44.0 Å². The van der Waals surface area contributed by atoms with Crippen LogP contribution in [0.5, 0.6) is 0 Å². The number of thiophene rings is 1. The van der Waals surface area contributed by atoms with Crippen molar-refractivity contribution in [3.8, 4) is 10.7 Å². The molecule has 1 aliphatic carbocycles. The topological polar surface area (TPSA) is 79.5 Å². The second kappa shape index (κ2) is 7.64. The van der Waals surface area contributed by atoms with Gasteiger partial charge in [-0.15, -0.1) is 11.3 Å². The van der Waals surface area contributed by atoms with Gasteiger partial charge in [0.25, 0.3) is 0 Å². The molecule has 1 aromatic carbocycles. The van der Waals surface area contributed by atoms with E-state index in [2.05, 4.69) is 15.0 Å². The smallest absolute Gasteiger partial charge is 0.244 e. The number of sulfonamides is 1. The molecule has 2 aromatic heterocycles. The van der Waals surface area contributed by atoms with Crippen LogP contribution in [0.25, 0.3) is 10.7 Å². The van der Waals surface area contributed by atoms with Gasteiger partial charge in [0.05, 0.1) is 9.77 Å². The van der Waals surface area contributed by atoms with Crippen LogP contribution in [0, 0.1) is 6.92 Å². The highest BCUT2D eigenvalue weighted by Gasteiger charge is 2.33. The molecule has 1 saturated heterocycles. The monoisotopic (exact) mass is 464 g/mol. The lowest BCUT2D eigenvalue weighted by Crippen LogP contribution is -2.48. The first-order chi connectivity index (χ1) is 14.4. The van der Waals surface area contributed by atoms with Crippen LogP contribution in [0.15, 0.2) is 39.8 Å². The van der Waals surface area contributed by atoms with Crippen LogP contribution in [-0.4, -0.2) is 49.0 Å². The van der Waals surface area contributed by atoms with E-state index in [1.807, 2.05) is 31.2 Å². The third-order valence-corrected chi connectivity index (χ3v) is 8.93. The Balaban J connectivity index is 1.33. The SMILES string of the molecule is Cc1sc(-c2noc(C3CC3)n2)cc1S(=O)(=O)N1CCN(c2cccc(Cl)c2)CC1. The minimum Gasteiger partial charge on any atom is -0.369 e. The summed E-state index contributed by atoms with van der Waals surface area (Å²) in [7, 11) is -3.59. The summed E-state index contributed by atoms with van der Waals surface area (Å²) >= 11 is 7.48. The average molecular weight is 465 g/mol. The van der Waals surface area contributed by atoms with Crippen LogP contribution in [-0.2, 0) is 10.0 Å². The first kappa shape index (κ1) is 20.0. The molecule has 0 bridgehead atoms. The van der Waals surface area contributed by atoms with Crippen LogP contribution in [0.3, 0.4) is 0 Å². The number of nitrogens with zero attached hydrogens (tertiary/aromatic N) is 4. The summed E-state index contributed by atoms with van der Waals surface area (Å²) in [6.07, 6.45) is 2.15. The summed E-state index contributed by atoms with van der Waals surface area (Å²) in [5, 5.41) is 4.72. The molecule has 30 heavy (non-hydrogen) atoms. The molecule has 0 spiro atoms. The number of aromatic nitrogens is 2. The number of hydrogen-bond donors (Lipinski definition) is 0. The Morgan fingerprint density at radius 1 is 1.17 bits per heavy atom. The fraction of sp³-hybridized carbons (Fsp3) is 0.400. The molecular formula is C20H21ClN4O3S2. The van der Waals surface area contributed by atoms with Gasteiger partial charge in [0.2, 0.25) is 21.7 Å². The van der Waals surface area contributed by atoms with Crippen molar-refractivity contribution in [1.29, 1.82) is 0 Å². The van der Waals surface area contributed by atoms with E-state index < -0.39 is 10.0 Å². The van der Waals surface area contributed by atoms with Gasteiger partial charge in [-0.25, -0.2) is 8.42 Å². The third-order valence-electron chi connectivity index (χ3n) is 5.49. The van der Waals surface area contributed by atoms with E-state index in [0.717, 1.165) is 28.3 Å². The Morgan fingerprint density at radius 2 is 1.93 bits per heavy atom. The standard InChI is InChI=1S/C20H21ClN4O3S2/c1-13-18(12-17(29-13)19-22-20(28-23-19)14-5-6-14)30(26,27)25-9-7-24(8-10-25)16-4-2-3-15(21)11-16/h2-4,11-12,14H,5-10H2,1H3. The lowest BCUT2D eigenvalue weighted by molar-refractivity contribution is 0.380. The second-order valence-electron chi connectivity index (χ2n) is 7.63. The molecule has 0 N–H and O–H groups in total. The van der Waals surface area contributed by atoms with E-state index >= 15 is 0 Å². The molecule has 1 saturated carbocycles. The number of hydrogen-bond acceptors (Lipinski definition) is 7. The van der Waals surface area contributed by atoms with Gasteiger partial charge in [-0.2, -0.15) is 9.29 Å². The Kier molecular flexibility index (Phi) is 5.09. The fourth-order valence-corrected chi connectivity index (χ4v) is 6.75. The van der Waals surface area contributed by atoms with Crippen LogP contribution in [0.2, 0.25) is 5.02 Å². The first-order valence-corrected chi connectivity index (χ1v) is 12.5. The minimum atomic E-state index is -3.59. The van der Waals surface area contributed by atoms with E-state index in [0.29, 0.717) is 53.7 Å². The minimum absolute atomic E-state index is 0.330. The maximum absolute atomic E-state index is 13.3. The fourth-order valence-electron chi connectivity index (χ4n) is 3.66. The molecule has 0 atom stereocenters. The van der Waals surface area contributed by atoms with Crippen molar-refractivity contribution in [2.24, 2.45) is 0 Å². The zero-order chi connectivity index (χ0) is 20.9. The molecular weight excluding hydrogens is 444 g/mol. The lowest BCUT2D eigenvalue weighted by atomic mass is 10.2. The largest absolute Gasteiger partial charge is 0.369 e. The van der Waals surface area contributed by atoms with Gasteiger partial charge in [0, 0.05) is 47.7 Å². The normalized spacial score (nSPS) is 18.1. The molecule has 0 radical (unpaired) electrons. The van der Waals surface area contributed by atoms with Gasteiger partial charge in [-0.1, -0.05) is 22.8 Å². The van der Waals surface area contributed by atoms with Crippen molar-refractivity contribution in [1.82, 2.24) is 14.4 Å². The van der Waals surface area contributed by atoms with Crippen molar-refractivity contribution in [2.45, 2.75) is 30.6 Å². The number of benzene rings is 1. The van der Waals surface area contributed by atoms with Crippen molar-refractivity contribution >= 4 is 38.6 Å². The van der Waals surface area contributed by atoms with E-state index in [9.17, 15) is 8.42 Å². The first-order valence-electron chi connectivity index (χ1n) is 9.87. The van der Waals surface area contributed by atoms with Crippen LogP contribution in [0.4, 0.5) is 5.69 Å². The number of rotatable bonds is 5. The quantitative estimate of drug-likeness (QED) is 0.564. The number of anilines is 1. The molecule has 158 valence electrons. The number of piperazine rings is 1. The van der Waals surface area contributed by atoms with Gasteiger partial charge >= 0.3 is 0 Å². The summed E-state index contributed by atoms with van der Waals surface area (Å²) < 4.78 is 33.5. The van der Waals surface area contributed by atoms with Crippen LogP contribution < -0.4 is 4.90 Å². The van der Waals surface area contributed by atoms with Crippen molar-refractivity contribution in [3.05, 3.63) is 46.1 Å². The lowest BCUT2D eigenvalue weighted by Gasteiger charge is -2.35. The molecule has 3 aromatic rings. The summed E-state index contributed by atoms with van der Waals surface area (Å²) in [5.41, 5.74) is 1.01. The zero-order valence-corrected chi connectivity index (χ0v) is 18.8. The van der Waals surface area contributed by atoms with Crippen molar-refractivity contribution in [2.75, 3.05) is 31.1 Å². The summed E-state index contributed by atoms with van der Waals surface area (Å²) in [6.45, 7) is 3.91. The summed E-state index contributed by atoms with van der Waals surface area (Å²) in [5.74, 6) is 1.49. The Hall–Kier alpha value is -1.94. The maximum Gasteiger partial charge on any atom is 0.244 e. The highest BCUT2D eigenvalue weighted by atomic mass is 35.5. The Bertz CT molecular complexity index is 1180. The average Bonchev–Trinajstić information content (AvgIpc) is 3.33. The van der Waals surface area contributed by atoms with E-state index in [-0.39, 0.29) is 0 Å². The molecule has 2 fully saturated rings. The van der Waals surface area contributed by atoms with Crippen molar-refractivity contribution in [3.63, 3.8) is 0 Å². The number of halogens is 1. The summed E-state index contributed by atoms with van der Waals surface area (Å²) in [6, 6.07) is 9.32. The van der Waals surface area contributed by atoms with Gasteiger partial charge < -0.3 is 9.42 Å². The van der Waals surface area contributed by atoms with E-state index in [4.69, 9.17) is 16.1 Å². The highest BCUT2D eigenvalue weighted by Crippen LogP contribution is 2.40. The van der Waals surface area contributed by atoms with Crippen LogP contribution >= 0.6 is 22.9 Å². The summed E-state index contributed by atoms with van der Waals surface area (Å²) in [4.78, 5) is 8.39. The molecule has 0 unspecified atom stereocenters. The Morgan fingerprint density at radius 3 is 2.63 bits per heavy atom. The maximum atomic E-state index is 13.3.